The lowest BCUT2D eigenvalue weighted by molar-refractivity contribution is 0.856. The standard InChI is InChI=1S/C10H14.C9H10Cl2/c1-8(2)10-7-5-4-6-9(10)3;1-6(2)9-7(10)4-3-5-8(9)11/h4-8H,1-3H3;3-6H,1-2H3. The molecule has 0 aliphatic carbocycles. The van der Waals surface area contributed by atoms with Gasteiger partial charge in [-0.05, 0) is 47.6 Å². The van der Waals surface area contributed by atoms with Gasteiger partial charge in [-0.15, -0.1) is 0 Å². The van der Waals surface area contributed by atoms with Crippen molar-refractivity contribution >= 4 is 23.2 Å². The Hall–Kier alpha value is -0.980. The highest BCUT2D eigenvalue weighted by Gasteiger charge is 2.07. The average molecular weight is 323 g/mol. The molecule has 2 heteroatoms. The SMILES string of the molecule is CC(C)c1c(Cl)cccc1Cl.Cc1ccccc1C(C)C. The molecule has 0 aliphatic rings. The Morgan fingerprint density at radius 3 is 1.57 bits per heavy atom. The topological polar surface area (TPSA) is 0 Å². The predicted octanol–water partition coefficient (Wildman–Crippen LogP) is 7.24. The van der Waals surface area contributed by atoms with Gasteiger partial charge in [0.05, 0.1) is 0 Å². The summed E-state index contributed by atoms with van der Waals surface area (Å²) in [4.78, 5) is 0. The van der Waals surface area contributed by atoms with Crippen molar-refractivity contribution in [1.29, 1.82) is 0 Å². The first-order valence-corrected chi connectivity index (χ1v) is 8.09. The first kappa shape index (κ1) is 18.1. The lowest BCUT2D eigenvalue weighted by Crippen LogP contribution is -1.89. The van der Waals surface area contributed by atoms with Gasteiger partial charge in [0.15, 0.2) is 0 Å². The van der Waals surface area contributed by atoms with Crippen molar-refractivity contribution in [2.24, 2.45) is 0 Å². The van der Waals surface area contributed by atoms with E-state index in [9.17, 15) is 0 Å². The van der Waals surface area contributed by atoms with Crippen LogP contribution in [0.1, 0.15) is 56.2 Å². The van der Waals surface area contributed by atoms with E-state index in [1.54, 1.807) is 0 Å². The van der Waals surface area contributed by atoms with Crippen molar-refractivity contribution in [3.05, 3.63) is 69.2 Å². The van der Waals surface area contributed by atoms with E-state index in [0.717, 1.165) is 15.6 Å². The molecule has 0 saturated heterocycles. The van der Waals surface area contributed by atoms with E-state index >= 15 is 0 Å². The summed E-state index contributed by atoms with van der Waals surface area (Å²) in [7, 11) is 0. The number of hydrogen-bond acceptors (Lipinski definition) is 0. The molecule has 0 spiro atoms. The maximum atomic E-state index is 5.94. The van der Waals surface area contributed by atoms with Crippen LogP contribution < -0.4 is 0 Å². The quantitative estimate of drug-likeness (QED) is 0.546. The summed E-state index contributed by atoms with van der Waals surface area (Å²) >= 11 is 11.9. The number of rotatable bonds is 2. The van der Waals surface area contributed by atoms with E-state index in [1.807, 2.05) is 18.2 Å². The van der Waals surface area contributed by atoms with Gasteiger partial charge >= 0.3 is 0 Å². The van der Waals surface area contributed by atoms with Crippen molar-refractivity contribution in [1.82, 2.24) is 0 Å². The van der Waals surface area contributed by atoms with Crippen LogP contribution in [0.15, 0.2) is 42.5 Å². The Morgan fingerprint density at radius 1 is 0.714 bits per heavy atom. The van der Waals surface area contributed by atoms with Crippen molar-refractivity contribution in [3.8, 4) is 0 Å². The molecule has 0 aliphatic heterocycles. The molecule has 0 unspecified atom stereocenters. The normalized spacial score (nSPS) is 10.5. The summed E-state index contributed by atoms with van der Waals surface area (Å²) in [5.41, 5.74) is 3.90. The monoisotopic (exact) mass is 322 g/mol. The molecule has 0 fully saturated rings. The Labute approximate surface area is 139 Å². The fraction of sp³-hybridized carbons (Fsp3) is 0.368. The van der Waals surface area contributed by atoms with Crippen LogP contribution >= 0.6 is 23.2 Å². The predicted molar refractivity (Wildman–Crippen MR) is 95.8 cm³/mol. The highest BCUT2D eigenvalue weighted by Crippen LogP contribution is 2.30. The van der Waals surface area contributed by atoms with E-state index in [1.165, 1.54) is 11.1 Å². The van der Waals surface area contributed by atoms with Gasteiger partial charge in [0, 0.05) is 10.0 Å². The summed E-state index contributed by atoms with van der Waals surface area (Å²) < 4.78 is 0. The highest BCUT2D eigenvalue weighted by molar-refractivity contribution is 6.36. The second-order valence-corrected chi connectivity index (χ2v) is 6.62. The van der Waals surface area contributed by atoms with Gasteiger partial charge in [0.25, 0.3) is 0 Å². The zero-order valence-corrected chi connectivity index (χ0v) is 15.0. The minimum atomic E-state index is 0.385. The second-order valence-electron chi connectivity index (χ2n) is 5.80. The largest absolute Gasteiger partial charge is 0.0840 e. The summed E-state index contributed by atoms with van der Waals surface area (Å²) in [5.74, 6) is 1.04. The summed E-state index contributed by atoms with van der Waals surface area (Å²) in [6.07, 6.45) is 0. The molecule has 21 heavy (non-hydrogen) atoms. The van der Waals surface area contributed by atoms with Crippen LogP contribution in [0.3, 0.4) is 0 Å². The molecule has 0 bridgehead atoms. The zero-order valence-electron chi connectivity index (χ0n) is 13.5. The number of benzene rings is 2. The van der Waals surface area contributed by atoms with Gasteiger partial charge in [-0.1, -0.05) is 81.2 Å². The van der Waals surface area contributed by atoms with Crippen LogP contribution in [0, 0.1) is 6.92 Å². The molecule has 0 nitrogen and oxygen atoms in total. The molecular weight excluding hydrogens is 299 g/mol. The molecule has 2 rings (SSSR count). The lowest BCUT2D eigenvalue weighted by Gasteiger charge is -2.09. The summed E-state index contributed by atoms with van der Waals surface area (Å²) in [6, 6.07) is 14.1. The number of hydrogen-bond donors (Lipinski definition) is 0. The molecule has 0 heterocycles. The van der Waals surface area contributed by atoms with Gasteiger partial charge in [-0.2, -0.15) is 0 Å². The lowest BCUT2D eigenvalue weighted by atomic mass is 9.99. The van der Waals surface area contributed by atoms with Gasteiger partial charge < -0.3 is 0 Å². The minimum absolute atomic E-state index is 0.385. The van der Waals surface area contributed by atoms with Gasteiger partial charge in [-0.3, -0.25) is 0 Å². The first-order valence-electron chi connectivity index (χ1n) is 7.34. The Kier molecular flexibility index (Phi) is 7.28. The van der Waals surface area contributed by atoms with E-state index in [4.69, 9.17) is 23.2 Å². The number of aryl methyl sites for hydroxylation is 1. The van der Waals surface area contributed by atoms with E-state index < -0.39 is 0 Å². The van der Waals surface area contributed by atoms with Crippen molar-refractivity contribution < 1.29 is 0 Å². The fourth-order valence-electron chi connectivity index (χ4n) is 2.30. The first-order chi connectivity index (χ1) is 9.84. The van der Waals surface area contributed by atoms with E-state index in [0.29, 0.717) is 11.8 Å². The maximum Gasteiger partial charge on any atom is 0.0455 e. The Balaban J connectivity index is 0.000000211. The Bertz CT molecular complexity index is 551. The molecule has 0 atom stereocenters. The molecule has 2 aromatic carbocycles. The van der Waals surface area contributed by atoms with E-state index in [-0.39, 0.29) is 0 Å². The number of halogens is 2. The van der Waals surface area contributed by atoms with Crippen LogP contribution in [-0.2, 0) is 0 Å². The minimum Gasteiger partial charge on any atom is -0.0840 e. The molecule has 0 aromatic heterocycles. The van der Waals surface area contributed by atoms with Crippen LogP contribution in [0.4, 0.5) is 0 Å². The van der Waals surface area contributed by atoms with Gasteiger partial charge in [0.2, 0.25) is 0 Å². The van der Waals surface area contributed by atoms with Crippen LogP contribution in [0.5, 0.6) is 0 Å². The van der Waals surface area contributed by atoms with Crippen LogP contribution in [0.25, 0.3) is 0 Å². The van der Waals surface area contributed by atoms with Crippen LogP contribution in [0.2, 0.25) is 10.0 Å². The second kappa shape index (κ2) is 8.46. The highest BCUT2D eigenvalue weighted by atomic mass is 35.5. The molecule has 2 aromatic rings. The molecular formula is C19H24Cl2. The molecule has 0 amide bonds. The molecule has 114 valence electrons. The third kappa shape index (κ3) is 5.37. The maximum absolute atomic E-state index is 5.94. The van der Waals surface area contributed by atoms with Crippen molar-refractivity contribution in [2.75, 3.05) is 0 Å². The third-order valence-electron chi connectivity index (χ3n) is 3.39. The van der Waals surface area contributed by atoms with E-state index in [2.05, 4.69) is 58.9 Å². The summed E-state index contributed by atoms with van der Waals surface area (Å²) in [6.45, 7) is 10.8. The van der Waals surface area contributed by atoms with Crippen molar-refractivity contribution in [2.45, 2.75) is 46.5 Å². The molecule has 0 radical (unpaired) electrons. The third-order valence-corrected chi connectivity index (χ3v) is 4.05. The molecule has 0 N–H and O–H groups in total. The fourth-order valence-corrected chi connectivity index (χ4v) is 3.13. The summed E-state index contributed by atoms with van der Waals surface area (Å²) in [5, 5.41) is 1.51. The zero-order chi connectivity index (χ0) is 16.0. The molecule has 0 saturated carbocycles. The van der Waals surface area contributed by atoms with Gasteiger partial charge in [0.1, 0.15) is 0 Å². The van der Waals surface area contributed by atoms with Crippen LogP contribution in [-0.4, -0.2) is 0 Å². The Morgan fingerprint density at radius 2 is 1.24 bits per heavy atom. The average Bonchev–Trinajstić information content (AvgIpc) is 2.39. The smallest absolute Gasteiger partial charge is 0.0455 e. The van der Waals surface area contributed by atoms with Crippen molar-refractivity contribution in [3.63, 3.8) is 0 Å². The van der Waals surface area contributed by atoms with Gasteiger partial charge in [-0.25, -0.2) is 0 Å².